The maximum atomic E-state index is 13.3. The molecule has 0 aliphatic carbocycles. The third-order valence-electron chi connectivity index (χ3n) is 10.1. The summed E-state index contributed by atoms with van der Waals surface area (Å²) in [6.45, 7) is 3.81. The van der Waals surface area contributed by atoms with Crippen LogP contribution in [0.25, 0.3) is 11.3 Å². The lowest BCUT2D eigenvalue weighted by Gasteiger charge is -2.33. The van der Waals surface area contributed by atoms with E-state index in [1.807, 2.05) is 24.3 Å². The summed E-state index contributed by atoms with van der Waals surface area (Å²) in [4.78, 5) is 63.2. The molecule has 3 aromatic rings. The number of imide groups is 2. The lowest BCUT2D eigenvalue weighted by atomic mass is 9.82. The van der Waals surface area contributed by atoms with E-state index in [1.54, 1.807) is 18.3 Å². The summed E-state index contributed by atoms with van der Waals surface area (Å²) in [6, 6.07) is 12.6. The summed E-state index contributed by atoms with van der Waals surface area (Å²) in [5.41, 5.74) is 2.36. The molecule has 51 heavy (non-hydrogen) atoms. The number of carbonyl (C=O) groups is 4. The zero-order valence-electron chi connectivity index (χ0n) is 27.7. The summed E-state index contributed by atoms with van der Waals surface area (Å²) in [7, 11) is 0. The van der Waals surface area contributed by atoms with E-state index in [9.17, 15) is 24.4 Å². The molecule has 0 radical (unpaired) electrons. The van der Waals surface area contributed by atoms with E-state index >= 15 is 0 Å². The summed E-state index contributed by atoms with van der Waals surface area (Å²) in [6.07, 6.45) is 4.89. The van der Waals surface area contributed by atoms with Gasteiger partial charge >= 0.3 is 0 Å². The summed E-state index contributed by atoms with van der Waals surface area (Å²) in [5.74, 6) is -0.713. The Morgan fingerprint density at radius 3 is 2.49 bits per heavy atom. The van der Waals surface area contributed by atoms with Crippen LogP contribution >= 0.6 is 27.5 Å². The number of nitrogens with zero attached hydrogens (tertiary/aromatic N) is 5. The largest absolute Gasteiger partial charge is 0.381 e. The highest BCUT2D eigenvalue weighted by molar-refractivity contribution is 9.10. The third kappa shape index (κ3) is 7.34. The molecule has 15 heteroatoms. The average Bonchev–Trinajstić information content (AvgIpc) is 3.37. The van der Waals surface area contributed by atoms with Gasteiger partial charge in [-0.25, -0.2) is 9.97 Å². The number of carbonyl (C=O) groups excluding carboxylic acids is 4. The van der Waals surface area contributed by atoms with Crippen molar-refractivity contribution in [2.45, 2.75) is 57.2 Å². The predicted octanol–water partition coefficient (Wildman–Crippen LogP) is 4.77. The maximum Gasteiger partial charge on any atom is 0.262 e. The third-order valence-corrected chi connectivity index (χ3v) is 11.2. The molecule has 3 fully saturated rings. The van der Waals surface area contributed by atoms with Crippen molar-refractivity contribution in [3.05, 3.63) is 68.8 Å². The quantitative estimate of drug-likeness (QED) is 0.256. The molecule has 0 bridgehead atoms. The first-order chi connectivity index (χ1) is 24.6. The van der Waals surface area contributed by atoms with Crippen molar-refractivity contribution in [3.63, 3.8) is 0 Å². The van der Waals surface area contributed by atoms with Crippen molar-refractivity contribution >= 4 is 62.8 Å². The van der Waals surface area contributed by atoms with Crippen molar-refractivity contribution in [2.24, 2.45) is 5.41 Å². The SMILES string of the molecule is N#CC1(CNc2cccc(-c3cc(NC4CCN(Cc5cc6c(cc5Br)C(=O)N(C5CCC(=O)NC5=O)C6=O)CC4)ncc3Cl)n2)CCOCC1. The Morgan fingerprint density at radius 1 is 1.02 bits per heavy atom. The highest BCUT2D eigenvalue weighted by atomic mass is 79.9. The van der Waals surface area contributed by atoms with Gasteiger partial charge in [0.25, 0.3) is 11.8 Å². The molecule has 1 atom stereocenters. The van der Waals surface area contributed by atoms with Crippen molar-refractivity contribution in [1.82, 2.24) is 25.1 Å². The van der Waals surface area contributed by atoms with E-state index in [2.05, 4.69) is 47.8 Å². The normalized spacial score (nSPS) is 20.9. The predicted molar refractivity (Wildman–Crippen MR) is 192 cm³/mol. The average molecular weight is 776 g/mol. The van der Waals surface area contributed by atoms with Gasteiger partial charge in [0, 0.05) is 68.1 Å². The van der Waals surface area contributed by atoms with Gasteiger partial charge in [-0.1, -0.05) is 33.6 Å². The Hall–Kier alpha value is -4.42. The Balaban J connectivity index is 0.962. The molecule has 4 aliphatic heterocycles. The number of nitriles is 1. The fourth-order valence-electron chi connectivity index (χ4n) is 7.09. The Bertz CT molecular complexity index is 1940. The number of fused-ring (bicyclic) bond motifs is 1. The van der Waals surface area contributed by atoms with Crippen LogP contribution in [0.5, 0.6) is 0 Å². The highest BCUT2D eigenvalue weighted by Gasteiger charge is 2.45. The van der Waals surface area contributed by atoms with Crippen LogP contribution in [-0.2, 0) is 20.9 Å². The number of rotatable bonds is 9. The molecule has 13 nitrogen and oxygen atoms in total. The molecular formula is C36H36BrClN8O5. The maximum absolute atomic E-state index is 13.3. The Labute approximate surface area is 308 Å². The van der Waals surface area contributed by atoms with Gasteiger partial charge in [-0.15, -0.1) is 0 Å². The summed E-state index contributed by atoms with van der Waals surface area (Å²) >= 11 is 10.2. The van der Waals surface area contributed by atoms with Crippen LogP contribution in [-0.4, -0.2) is 88.3 Å². The van der Waals surface area contributed by atoms with Crippen molar-refractivity contribution in [1.29, 1.82) is 5.26 Å². The van der Waals surface area contributed by atoms with E-state index in [4.69, 9.17) is 21.3 Å². The second-order valence-corrected chi connectivity index (χ2v) is 14.7. The zero-order chi connectivity index (χ0) is 35.7. The molecule has 4 amide bonds. The molecule has 1 aromatic carbocycles. The van der Waals surface area contributed by atoms with Crippen LogP contribution < -0.4 is 16.0 Å². The van der Waals surface area contributed by atoms with Crippen LogP contribution in [0.3, 0.4) is 0 Å². The number of halogens is 2. The van der Waals surface area contributed by atoms with E-state index in [0.29, 0.717) is 66.0 Å². The molecule has 3 N–H and O–H groups in total. The van der Waals surface area contributed by atoms with Crippen molar-refractivity contribution in [3.8, 4) is 17.3 Å². The molecule has 264 valence electrons. The first kappa shape index (κ1) is 35.0. The molecule has 4 aliphatic rings. The lowest BCUT2D eigenvalue weighted by Crippen LogP contribution is -2.54. The molecule has 0 spiro atoms. The number of nitrogens with one attached hydrogen (secondary N) is 3. The van der Waals surface area contributed by atoms with E-state index in [-0.39, 0.29) is 30.0 Å². The number of likely N-dealkylation sites (tertiary alicyclic amines) is 1. The van der Waals surface area contributed by atoms with Crippen LogP contribution in [0.2, 0.25) is 5.02 Å². The van der Waals surface area contributed by atoms with Gasteiger partial charge in [0.1, 0.15) is 17.7 Å². The summed E-state index contributed by atoms with van der Waals surface area (Å²) < 4.78 is 6.16. The molecule has 6 heterocycles. The van der Waals surface area contributed by atoms with Crippen LogP contribution in [0, 0.1) is 16.7 Å². The number of hydrogen-bond donors (Lipinski definition) is 3. The number of ether oxygens (including phenoxy) is 1. The lowest BCUT2D eigenvalue weighted by molar-refractivity contribution is -0.136. The van der Waals surface area contributed by atoms with Crippen LogP contribution in [0.1, 0.15) is 64.8 Å². The van der Waals surface area contributed by atoms with Gasteiger partial charge < -0.3 is 15.4 Å². The van der Waals surface area contributed by atoms with Gasteiger partial charge in [0.2, 0.25) is 11.8 Å². The minimum Gasteiger partial charge on any atom is -0.381 e. The zero-order valence-corrected chi connectivity index (χ0v) is 30.1. The van der Waals surface area contributed by atoms with E-state index in [0.717, 1.165) is 42.0 Å². The highest BCUT2D eigenvalue weighted by Crippen LogP contribution is 2.34. The van der Waals surface area contributed by atoms with Crippen molar-refractivity contribution in [2.75, 3.05) is 43.5 Å². The monoisotopic (exact) mass is 774 g/mol. The van der Waals surface area contributed by atoms with Gasteiger partial charge in [0.05, 0.1) is 33.3 Å². The minimum atomic E-state index is -1.00. The number of pyridine rings is 2. The van der Waals surface area contributed by atoms with Gasteiger partial charge in [-0.3, -0.25) is 34.3 Å². The topological polar surface area (TPSA) is 170 Å². The Kier molecular flexibility index (Phi) is 10.1. The minimum absolute atomic E-state index is 0.0735. The summed E-state index contributed by atoms with van der Waals surface area (Å²) in [5, 5.41) is 19.4. The smallest absolute Gasteiger partial charge is 0.262 e. The van der Waals surface area contributed by atoms with Gasteiger partial charge in [-0.2, -0.15) is 5.26 Å². The number of anilines is 2. The van der Waals surface area contributed by atoms with Crippen LogP contribution in [0.15, 0.2) is 47.1 Å². The number of benzene rings is 1. The van der Waals surface area contributed by atoms with Crippen molar-refractivity contribution < 1.29 is 23.9 Å². The number of hydrogen-bond acceptors (Lipinski definition) is 11. The Morgan fingerprint density at radius 2 is 1.76 bits per heavy atom. The first-order valence-corrected chi connectivity index (χ1v) is 18.2. The second-order valence-electron chi connectivity index (χ2n) is 13.4. The molecule has 1 unspecified atom stereocenters. The fourth-order valence-corrected chi connectivity index (χ4v) is 7.76. The van der Waals surface area contributed by atoms with E-state index in [1.165, 1.54) is 0 Å². The standard InChI is InChI=1S/C36H36BrClN8O5/c37-26-15-24-23(34(49)46(35(24)50)29-4-5-32(47)44-33(29)48)14-21(26)18-45-10-6-22(7-11-45)42-31-16-25(27(38)17-40-31)28-2-1-3-30(43-28)41-20-36(19-39)8-12-51-13-9-36/h1-3,14-17,22,29H,4-13,18,20H2,(H,40,42)(H,41,43)(H,44,47,48). The molecule has 3 saturated heterocycles. The fraction of sp³-hybridized carbons (Fsp3) is 0.417. The molecule has 0 saturated carbocycles. The number of amides is 4. The number of piperidine rings is 2. The van der Waals surface area contributed by atoms with Gasteiger partial charge in [0.15, 0.2) is 0 Å². The first-order valence-electron chi connectivity index (χ1n) is 17.0. The van der Waals surface area contributed by atoms with E-state index < -0.39 is 35.1 Å². The molecule has 7 rings (SSSR count). The molecular weight excluding hydrogens is 740 g/mol. The molecule has 2 aromatic heterocycles. The number of aromatic nitrogens is 2. The van der Waals surface area contributed by atoms with Crippen LogP contribution in [0.4, 0.5) is 11.6 Å². The second kappa shape index (κ2) is 14.7. The van der Waals surface area contributed by atoms with Gasteiger partial charge in [-0.05, 0) is 68.0 Å².